The van der Waals surface area contributed by atoms with Crippen LogP contribution in [0.5, 0.6) is 0 Å². The molecule has 2 unspecified atom stereocenters. The molecule has 0 amide bonds. The summed E-state index contributed by atoms with van der Waals surface area (Å²) in [5.41, 5.74) is 0.0694. The Balaban J connectivity index is 1.47. The van der Waals surface area contributed by atoms with E-state index in [0.29, 0.717) is 18.1 Å². The fourth-order valence-electron chi connectivity index (χ4n) is 6.67. The lowest BCUT2D eigenvalue weighted by Crippen LogP contribution is -2.50. The molecule has 1 aromatic carbocycles. The summed E-state index contributed by atoms with van der Waals surface area (Å²) in [5, 5.41) is 12.5. The van der Waals surface area contributed by atoms with Gasteiger partial charge in [-0.2, -0.15) is 0 Å². The van der Waals surface area contributed by atoms with Crippen molar-refractivity contribution in [2.24, 2.45) is 0 Å². The van der Waals surface area contributed by atoms with Gasteiger partial charge in [0.05, 0.1) is 11.0 Å². The number of carbonyl (C=O) groups is 1. The van der Waals surface area contributed by atoms with Gasteiger partial charge in [-0.05, 0) is 64.5 Å². The fourth-order valence-corrected chi connectivity index (χ4v) is 6.67. The molecule has 3 aliphatic rings. The summed E-state index contributed by atoms with van der Waals surface area (Å²) in [6.07, 6.45) is 13.8. The number of nitrogens with zero attached hydrogens (tertiary/aromatic N) is 3. The molecule has 2 bridgehead atoms. The zero-order valence-electron chi connectivity index (χ0n) is 20.5. The highest BCUT2D eigenvalue weighted by Crippen LogP contribution is 2.44. The van der Waals surface area contributed by atoms with Crippen LogP contribution in [-0.2, 0) is 4.79 Å². The van der Waals surface area contributed by atoms with Crippen molar-refractivity contribution >= 4 is 22.8 Å². The lowest BCUT2D eigenvalue weighted by Gasteiger charge is -2.45. The maximum atomic E-state index is 13.7. The Bertz CT molecular complexity index is 1090. The van der Waals surface area contributed by atoms with E-state index >= 15 is 0 Å². The van der Waals surface area contributed by atoms with Crippen LogP contribution < -0.4 is 10.9 Å². The minimum atomic E-state index is -1.28. The zero-order valence-corrected chi connectivity index (χ0v) is 20.5. The molecule has 0 radical (unpaired) electrons. The molecule has 1 aromatic heterocycles. The van der Waals surface area contributed by atoms with Crippen molar-refractivity contribution in [1.29, 1.82) is 0 Å². The molecular weight excluding hydrogens is 428 g/mol. The van der Waals surface area contributed by atoms with Gasteiger partial charge in [-0.15, -0.1) is 0 Å². The van der Waals surface area contributed by atoms with Gasteiger partial charge in [0.15, 0.2) is 5.82 Å². The van der Waals surface area contributed by atoms with Crippen LogP contribution in [0, 0.1) is 0 Å². The van der Waals surface area contributed by atoms with Gasteiger partial charge in [-0.1, -0.05) is 44.2 Å². The molecule has 0 spiro atoms. The Morgan fingerprint density at radius 1 is 0.941 bits per heavy atom. The van der Waals surface area contributed by atoms with Crippen LogP contribution in [0.1, 0.15) is 90.5 Å². The van der Waals surface area contributed by atoms with E-state index in [4.69, 9.17) is 0 Å². The minimum Gasteiger partial charge on any atom is -0.480 e. The van der Waals surface area contributed by atoms with E-state index in [1.807, 2.05) is 28.8 Å². The summed E-state index contributed by atoms with van der Waals surface area (Å²) in [5.74, 6) is -0.889. The lowest BCUT2D eigenvalue weighted by atomic mass is 9.89. The fraction of sp³-hybridized carbons (Fsp3) is 0.667. The van der Waals surface area contributed by atoms with Crippen molar-refractivity contribution in [3.63, 3.8) is 0 Å². The predicted molar refractivity (Wildman–Crippen MR) is 134 cm³/mol. The molecule has 1 aliphatic carbocycles. The number of carboxylic acid groups (broad SMARTS) is 1. The van der Waals surface area contributed by atoms with Gasteiger partial charge in [-0.25, -0.2) is 9.78 Å². The van der Waals surface area contributed by atoms with Crippen LogP contribution >= 0.6 is 0 Å². The summed E-state index contributed by atoms with van der Waals surface area (Å²) < 4.78 is 1.92. The van der Waals surface area contributed by atoms with Gasteiger partial charge in [0.1, 0.15) is 5.54 Å². The van der Waals surface area contributed by atoms with Crippen LogP contribution in [0.4, 0.5) is 5.82 Å². The number of nitrogens with one attached hydrogen (secondary N) is 1. The van der Waals surface area contributed by atoms with Crippen molar-refractivity contribution in [1.82, 2.24) is 14.5 Å². The Labute approximate surface area is 201 Å². The Morgan fingerprint density at radius 2 is 1.56 bits per heavy atom. The number of carboxylic acids is 1. The topological polar surface area (TPSA) is 87.5 Å². The van der Waals surface area contributed by atoms with Gasteiger partial charge >= 0.3 is 5.97 Å². The van der Waals surface area contributed by atoms with Gasteiger partial charge in [0, 0.05) is 24.2 Å². The molecule has 34 heavy (non-hydrogen) atoms. The molecule has 2 atom stereocenters. The van der Waals surface area contributed by atoms with Gasteiger partial charge in [-0.3, -0.25) is 9.69 Å². The quantitative estimate of drug-likeness (QED) is 0.648. The summed E-state index contributed by atoms with van der Waals surface area (Å²) in [6.45, 7) is 3.12. The van der Waals surface area contributed by atoms with Crippen LogP contribution in [0.2, 0.25) is 0 Å². The molecule has 3 fully saturated rings. The number of para-hydroxylation sites is 2. The summed E-state index contributed by atoms with van der Waals surface area (Å²) in [6, 6.07) is 9.60. The maximum Gasteiger partial charge on any atom is 0.328 e. The molecule has 3 heterocycles. The van der Waals surface area contributed by atoms with Crippen molar-refractivity contribution in [2.75, 3.05) is 5.32 Å². The SMILES string of the molecule is CC(C)(Nc1nc2ccccc2n(C2CC3CCC(C2)N3C2CCCCCCC2)c1=O)C(=O)O. The van der Waals surface area contributed by atoms with Crippen molar-refractivity contribution in [2.45, 2.75) is 114 Å². The van der Waals surface area contributed by atoms with Gasteiger partial charge in [0.25, 0.3) is 5.56 Å². The first-order valence-electron chi connectivity index (χ1n) is 13.2. The standard InChI is InChI=1S/C27H38N4O3/c1-27(2,26(33)34)29-24-25(32)31(23-13-9-8-12-22(23)28-24)21-16-19-14-15-20(17-21)30(19)18-10-6-4-3-5-7-11-18/h8-9,12-13,18-21H,3-7,10-11,14-17H2,1-2H3,(H,28,29)(H,33,34). The average molecular weight is 467 g/mol. The second-order valence-corrected chi connectivity index (χ2v) is 11.1. The normalized spacial score (nSPS) is 26.8. The van der Waals surface area contributed by atoms with Crippen LogP contribution in [-0.4, -0.2) is 49.2 Å². The van der Waals surface area contributed by atoms with Gasteiger partial charge in [0.2, 0.25) is 0 Å². The third-order valence-electron chi connectivity index (χ3n) is 8.39. The largest absolute Gasteiger partial charge is 0.480 e. The van der Waals surface area contributed by atoms with Crippen LogP contribution in [0.3, 0.4) is 0 Å². The van der Waals surface area contributed by atoms with Crippen molar-refractivity contribution < 1.29 is 9.90 Å². The smallest absolute Gasteiger partial charge is 0.328 e. The molecule has 1 saturated carbocycles. The third-order valence-corrected chi connectivity index (χ3v) is 8.39. The monoisotopic (exact) mass is 466 g/mol. The van der Waals surface area contributed by atoms with Gasteiger partial charge < -0.3 is 15.0 Å². The summed E-state index contributed by atoms with van der Waals surface area (Å²) in [4.78, 5) is 32.8. The number of rotatable bonds is 5. The number of benzene rings is 1. The predicted octanol–water partition coefficient (Wildman–Crippen LogP) is 4.95. The highest BCUT2D eigenvalue weighted by Gasteiger charge is 2.44. The van der Waals surface area contributed by atoms with E-state index in [2.05, 4.69) is 15.2 Å². The Hall–Kier alpha value is -2.41. The highest BCUT2D eigenvalue weighted by molar-refractivity contribution is 5.82. The first-order chi connectivity index (χ1) is 16.3. The zero-order chi connectivity index (χ0) is 23.9. The highest BCUT2D eigenvalue weighted by atomic mass is 16.4. The number of fused-ring (bicyclic) bond motifs is 3. The summed E-state index contributed by atoms with van der Waals surface area (Å²) in [7, 11) is 0. The number of aliphatic carboxylic acids is 1. The summed E-state index contributed by atoms with van der Waals surface area (Å²) >= 11 is 0. The minimum absolute atomic E-state index is 0.108. The molecule has 5 rings (SSSR count). The van der Waals surface area contributed by atoms with Crippen molar-refractivity contribution in [3.8, 4) is 0 Å². The molecule has 2 N–H and O–H groups in total. The maximum absolute atomic E-state index is 13.7. The van der Waals surface area contributed by atoms with E-state index in [1.165, 1.54) is 57.8 Å². The third kappa shape index (κ3) is 4.35. The number of hydrogen-bond acceptors (Lipinski definition) is 5. The first kappa shape index (κ1) is 23.3. The van der Waals surface area contributed by atoms with E-state index in [0.717, 1.165) is 23.9 Å². The molecule has 2 aliphatic heterocycles. The van der Waals surface area contributed by atoms with Crippen LogP contribution in [0.25, 0.3) is 11.0 Å². The second kappa shape index (κ2) is 9.33. The Morgan fingerprint density at radius 3 is 2.21 bits per heavy atom. The molecule has 184 valence electrons. The number of anilines is 1. The molecule has 2 aromatic rings. The van der Waals surface area contributed by atoms with Crippen LogP contribution in [0.15, 0.2) is 29.1 Å². The number of hydrogen-bond donors (Lipinski definition) is 2. The van der Waals surface area contributed by atoms with E-state index in [9.17, 15) is 14.7 Å². The van der Waals surface area contributed by atoms with Crippen molar-refractivity contribution in [3.05, 3.63) is 34.6 Å². The Kier molecular flexibility index (Phi) is 6.40. The first-order valence-corrected chi connectivity index (χ1v) is 13.2. The molecule has 7 heteroatoms. The number of aromatic nitrogens is 2. The lowest BCUT2D eigenvalue weighted by molar-refractivity contribution is -0.141. The van der Waals surface area contributed by atoms with E-state index in [1.54, 1.807) is 13.8 Å². The molecule has 2 saturated heterocycles. The second-order valence-electron chi connectivity index (χ2n) is 11.1. The number of piperidine rings is 1. The van der Waals surface area contributed by atoms with E-state index in [-0.39, 0.29) is 17.4 Å². The molecular formula is C27H38N4O3. The average Bonchev–Trinajstić information content (AvgIpc) is 3.03. The molecule has 7 nitrogen and oxygen atoms in total. The van der Waals surface area contributed by atoms with E-state index < -0.39 is 11.5 Å².